The Labute approximate surface area is 101 Å². The molecule has 0 atom stereocenters. The Morgan fingerprint density at radius 3 is 2.72 bits per heavy atom. The van der Waals surface area contributed by atoms with Crippen molar-refractivity contribution in [3.8, 4) is 11.3 Å². The number of aromatic amines is 1. The third-order valence-corrected chi connectivity index (χ3v) is 3.01. The van der Waals surface area contributed by atoms with Gasteiger partial charge >= 0.3 is 0 Å². The Hall–Kier alpha value is -1.85. The first kappa shape index (κ1) is 11.3. The molecule has 1 aliphatic rings. The molecular formula is C12H10F3N3. The molecule has 0 radical (unpaired) electrons. The van der Waals surface area contributed by atoms with Crippen molar-refractivity contribution >= 4 is 0 Å². The zero-order valence-electron chi connectivity index (χ0n) is 9.33. The van der Waals surface area contributed by atoms with Crippen molar-refractivity contribution in [2.75, 3.05) is 0 Å². The number of rotatable bonds is 3. The first-order chi connectivity index (χ1) is 8.66. The lowest BCUT2D eigenvalue weighted by molar-refractivity contribution is 0.140. The van der Waals surface area contributed by atoms with Crippen molar-refractivity contribution in [2.24, 2.45) is 0 Å². The molecule has 2 aromatic heterocycles. The van der Waals surface area contributed by atoms with Gasteiger partial charge in [0, 0.05) is 17.2 Å². The van der Waals surface area contributed by atoms with E-state index in [4.69, 9.17) is 0 Å². The Morgan fingerprint density at radius 2 is 2.06 bits per heavy atom. The fourth-order valence-corrected chi connectivity index (χ4v) is 1.94. The molecule has 3 nitrogen and oxygen atoms in total. The lowest BCUT2D eigenvalue weighted by Crippen LogP contribution is -1.98. The van der Waals surface area contributed by atoms with Crippen LogP contribution >= 0.6 is 0 Å². The Balaban J connectivity index is 2.05. The highest BCUT2D eigenvalue weighted by molar-refractivity contribution is 5.62. The standard InChI is InChI=1S/C12H10F3N3/c13-8-3-4-9(17-11(8)12(14)15)7-5-16-18-10(7)6-1-2-6/h3-6,12H,1-2H2,(H,16,18). The second-order valence-corrected chi connectivity index (χ2v) is 4.34. The molecule has 2 heterocycles. The molecule has 1 N–H and O–H groups in total. The van der Waals surface area contributed by atoms with Gasteiger partial charge in [0.05, 0.1) is 11.9 Å². The molecule has 1 fully saturated rings. The van der Waals surface area contributed by atoms with Gasteiger partial charge in [-0.1, -0.05) is 0 Å². The highest BCUT2D eigenvalue weighted by Gasteiger charge is 2.29. The van der Waals surface area contributed by atoms with Crippen LogP contribution in [0.3, 0.4) is 0 Å². The van der Waals surface area contributed by atoms with Crippen LogP contribution in [0.4, 0.5) is 13.2 Å². The molecule has 0 unspecified atom stereocenters. The second kappa shape index (κ2) is 4.12. The van der Waals surface area contributed by atoms with Gasteiger partial charge < -0.3 is 0 Å². The van der Waals surface area contributed by atoms with Gasteiger partial charge in [-0.2, -0.15) is 5.10 Å². The van der Waals surface area contributed by atoms with Crippen LogP contribution in [0.25, 0.3) is 11.3 Å². The van der Waals surface area contributed by atoms with Gasteiger partial charge in [0.25, 0.3) is 6.43 Å². The van der Waals surface area contributed by atoms with E-state index in [1.807, 2.05) is 0 Å². The predicted octanol–water partition coefficient (Wildman–Crippen LogP) is 3.43. The van der Waals surface area contributed by atoms with E-state index in [9.17, 15) is 13.2 Å². The minimum Gasteiger partial charge on any atom is -0.282 e. The number of alkyl halides is 2. The largest absolute Gasteiger partial charge is 0.283 e. The van der Waals surface area contributed by atoms with Crippen LogP contribution in [0.1, 0.15) is 36.6 Å². The average Bonchev–Trinajstić information content (AvgIpc) is 3.08. The third kappa shape index (κ3) is 1.87. The normalized spacial score (nSPS) is 15.3. The van der Waals surface area contributed by atoms with Gasteiger partial charge in [-0.3, -0.25) is 5.10 Å². The Bertz CT molecular complexity index is 576. The molecule has 94 valence electrons. The maximum Gasteiger partial charge on any atom is 0.283 e. The highest BCUT2D eigenvalue weighted by Crippen LogP contribution is 2.43. The summed E-state index contributed by atoms with van der Waals surface area (Å²) < 4.78 is 38.4. The molecule has 1 saturated carbocycles. The van der Waals surface area contributed by atoms with Gasteiger partial charge in [0.1, 0.15) is 5.69 Å². The van der Waals surface area contributed by atoms with E-state index >= 15 is 0 Å². The van der Waals surface area contributed by atoms with Crippen molar-refractivity contribution in [1.82, 2.24) is 15.2 Å². The molecule has 0 aromatic carbocycles. The lowest BCUT2D eigenvalue weighted by atomic mass is 10.1. The van der Waals surface area contributed by atoms with Crippen molar-refractivity contribution in [3.63, 3.8) is 0 Å². The van der Waals surface area contributed by atoms with Gasteiger partial charge in [0.2, 0.25) is 0 Å². The van der Waals surface area contributed by atoms with Gasteiger partial charge in [0.15, 0.2) is 5.82 Å². The smallest absolute Gasteiger partial charge is 0.282 e. The quantitative estimate of drug-likeness (QED) is 0.910. The maximum absolute atomic E-state index is 13.2. The van der Waals surface area contributed by atoms with Crippen LogP contribution in [0, 0.1) is 5.82 Å². The van der Waals surface area contributed by atoms with Gasteiger partial charge in [-0.15, -0.1) is 0 Å². The molecule has 0 spiro atoms. The van der Waals surface area contributed by atoms with E-state index in [0.717, 1.165) is 24.6 Å². The molecule has 0 saturated heterocycles. The average molecular weight is 253 g/mol. The van der Waals surface area contributed by atoms with Gasteiger partial charge in [-0.25, -0.2) is 18.2 Å². The summed E-state index contributed by atoms with van der Waals surface area (Å²) in [5, 5.41) is 6.77. The summed E-state index contributed by atoms with van der Waals surface area (Å²) in [6.45, 7) is 0. The number of nitrogens with zero attached hydrogens (tertiary/aromatic N) is 2. The van der Waals surface area contributed by atoms with Crippen molar-refractivity contribution in [1.29, 1.82) is 0 Å². The minimum atomic E-state index is -2.92. The SMILES string of the molecule is Fc1ccc(-c2cn[nH]c2C2CC2)nc1C(F)F. The Kier molecular flexibility index (Phi) is 2.57. The zero-order valence-corrected chi connectivity index (χ0v) is 9.33. The summed E-state index contributed by atoms with van der Waals surface area (Å²) in [7, 11) is 0. The second-order valence-electron chi connectivity index (χ2n) is 4.34. The van der Waals surface area contributed by atoms with Crippen LogP contribution in [-0.4, -0.2) is 15.2 Å². The summed E-state index contributed by atoms with van der Waals surface area (Å²) >= 11 is 0. The van der Waals surface area contributed by atoms with E-state index in [-0.39, 0.29) is 0 Å². The fraction of sp³-hybridized carbons (Fsp3) is 0.333. The van der Waals surface area contributed by atoms with Crippen LogP contribution in [0.5, 0.6) is 0 Å². The fourth-order valence-electron chi connectivity index (χ4n) is 1.94. The van der Waals surface area contributed by atoms with Crippen molar-refractivity contribution < 1.29 is 13.2 Å². The summed E-state index contributed by atoms with van der Waals surface area (Å²) in [6.07, 6.45) is 0.737. The number of H-pyrrole nitrogens is 1. The summed E-state index contributed by atoms with van der Waals surface area (Å²) in [5.74, 6) is -0.588. The molecule has 1 aliphatic carbocycles. The Morgan fingerprint density at radius 1 is 1.28 bits per heavy atom. The van der Waals surface area contributed by atoms with E-state index in [1.165, 1.54) is 6.07 Å². The summed E-state index contributed by atoms with van der Waals surface area (Å²) in [5.41, 5.74) is 1.10. The topological polar surface area (TPSA) is 41.6 Å². The molecule has 0 amide bonds. The van der Waals surface area contributed by atoms with E-state index in [2.05, 4.69) is 15.2 Å². The first-order valence-corrected chi connectivity index (χ1v) is 5.65. The van der Waals surface area contributed by atoms with E-state index < -0.39 is 17.9 Å². The summed E-state index contributed by atoms with van der Waals surface area (Å²) in [4.78, 5) is 3.70. The van der Waals surface area contributed by atoms with Crippen molar-refractivity contribution in [2.45, 2.75) is 25.2 Å². The predicted molar refractivity (Wildman–Crippen MR) is 58.7 cm³/mol. The van der Waals surface area contributed by atoms with Crippen molar-refractivity contribution in [3.05, 3.63) is 35.5 Å². The van der Waals surface area contributed by atoms with Gasteiger partial charge in [-0.05, 0) is 25.0 Å². The first-order valence-electron chi connectivity index (χ1n) is 5.65. The maximum atomic E-state index is 13.2. The zero-order chi connectivity index (χ0) is 12.7. The molecule has 3 rings (SSSR count). The van der Waals surface area contributed by atoms with E-state index in [0.29, 0.717) is 17.2 Å². The lowest BCUT2D eigenvalue weighted by Gasteiger charge is -2.05. The number of nitrogens with one attached hydrogen (secondary N) is 1. The summed E-state index contributed by atoms with van der Waals surface area (Å²) in [6, 6.07) is 2.42. The molecule has 18 heavy (non-hydrogen) atoms. The van der Waals surface area contributed by atoms with Crippen LogP contribution in [0.2, 0.25) is 0 Å². The molecular weight excluding hydrogens is 243 g/mol. The number of pyridine rings is 1. The molecule has 0 bridgehead atoms. The molecule has 2 aromatic rings. The minimum absolute atomic E-state index is 0.336. The number of aromatic nitrogens is 3. The molecule has 6 heteroatoms. The van der Waals surface area contributed by atoms with Crippen LogP contribution < -0.4 is 0 Å². The molecule has 0 aliphatic heterocycles. The third-order valence-electron chi connectivity index (χ3n) is 3.01. The number of hydrogen-bond acceptors (Lipinski definition) is 2. The van der Waals surface area contributed by atoms with Crippen LogP contribution in [0.15, 0.2) is 18.3 Å². The van der Waals surface area contributed by atoms with E-state index in [1.54, 1.807) is 6.20 Å². The number of halogens is 3. The van der Waals surface area contributed by atoms with Crippen LogP contribution in [-0.2, 0) is 0 Å². The number of hydrogen-bond donors (Lipinski definition) is 1. The monoisotopic (exact) mass is 253 g/mol. The highest BCUT2D eigenvalue weighted by atomic mass is 19.3.